The van der Waals surface area contributed by atoms with E-state index in [1.807, 2.05) is 19.9 Å². The van der Waals surface area contributed by atoms with Gasteiger partial charge in [-0.3, -0.25) is 4.79 Å². The van der Waals surface area contributed by atoms with Gasteiger partial charge in [0.2, 0.25) is 0 Å². The molecule has 0 saturated heterocycles. The first-order valence-electron chi connectivity index (χ1n) is 4.72. The fourth-order valence-electron chi connectivity index (χ4n) is 1.64. The van der Waals surface area contributed by atoms with Crippen LogP contribution in [0.1, 0.15) is 22.7 Å². The van der Waals surface area contributed by atoms with Gasteiger partial charge >= 0.3 is 5.97 Å². The molecule has 0 radical (unpaired) electrons. The number of halogens is 1. The van der Waals surface area contributed by atoms with Crippen LogP contribution in [-0.2, 0) is 4.79 Å². The summed E-state index contributed by atoms with van der Waals surface area (Å²) in [7, 11) is 1.51. The summed E-state index contributed by atoms with van der Waals surface area (Å²) >= 11 is 3.37. The van der Waals surface area contributed by atoms with Crippen molar-refractivity contribution >= 4 is 21.9 Å². The van der Waals surface area contributed by atoms with Gasteiger partial charge < -0.3 is 15.6 Å². The number of methoxy groups -OCH3 is 1. The summed E-state index contributed by atoms with van der Waals surface area (Å²) in [6, 6.07) is 0.804. The number of carbonyl (C=O) groups is 1. The van der Waals surface area contributed by atoms with E-state index in [0.717, 1.165) is 15.6 Å². The zero-order valence-electron chi connectivity index (χ0n) is 9.37. The Morgan fingerprint density at radius 1 is 1.56 bits per heavy atom. The molecule has 0 aliphatic carbocycles. The molecule has 0 spiro atoms. The number of aliphatic carboxylic acids is 1. The Morgan fingerprint density at radius 3 is 2.56 bits per heavy atom. The lowest BCUT2D eigenvalue weighted by molar-refractivity contribution is -0.138. The average molecular weight is 288 g/mol. The zero-order chi connectivity index (χ0) is 12.5. The summed E-state index contributed by atoms with van der Waals surface area (Å²) < 4.78 is 6.05. The van der Waals surface area contributed by atoms with Crippen LogP contribution >= 0.6 is 15.9 Å². The third-order valence-corrected chi connectivity index (χ3v) is 3.31. The van der Waals surface area contributed by atoms with E-state index in [4.69, 9.17) is 15.6 Å². The van der Waals surface area contributed by atoms with Gasteiger partial charge in [-0.05, 0) is 31.0 Å². The standard InChI is InChI=1S/C11H14BrNO3/c1-5-4-7(12)6(2)8(10(5)16-3)9(13)11(14)15/h4,9H,13H2,1-3H3,(H,14,15). The highest BCUT2D eigenvalue weighted by Gasteiger charge is 2.23. The number of rotatable bonds is 3. The molecule has 0 saturated carbocycles. The molecule has 16 heavy (non-hydrogen) atoms. The maximum absolute atomic E-state index is 10.9. The highest BCUT2D eigenvalue weighted by atomic mass is 79.9. The van der Waals surface area contributed by atoms with E-state index in [-0.39, 0.29) is 0 Å². The van der Waals surface area contributed by atoms with Gasteiger partial charge in [-0.2, -0.15) is 0 Å². The molecular weight excluding hydrogens is 274 g/mol. The highest BCUT2D eigenvalue weighted by Crippen LogP contribution is 2.35. The molecule has 1 aromatic rings. The van der Waals surface area contributed by atoms with Crippen molar-refractivity contribution in [1.82, 2.24) is 0 Å². The maximum atomic E-state index is 10.9. The molecule has 88 valence electrons. The fraction of sp³-hybridized carbons (Fsp3) is 0.364. The lowest BCUT2D eigenvalue weighted by Gasteiger charge is -2.18. The van der Waals surface area contributed by atoms with Crippen molar-refractivity contribution in [3.63, 3.8) is 0 Å². The summed E-state index contributed by atoms with van der Waals surface area (Å²) in [4.78, 5) is 10.9. The van der Waals surface area contributed by atoms with Crippen molar-refractivity contribution in [3.05, 3.63) is 27.2 Å². The van der Waals surface area contributed by atoms with Gasteiger partial charge in [0.15, 0.2) is 0 Å². The minimum atomic E-state index is -1.08. The number of aryl methyl sites for hydroxylation is 1. The molecule has 0 bridgehead atoms. The second kappa shape index (κ2) is 4.84. The quantitative estimate of drug-likeness (QED) is 0.894. The summed E-state index contributed by atoms with van der Waals surface area (Å²) in [6.07, 6.45) is 0. The number of ether oxygens (including phenoxy) is 1. The van der Waals surface area contributed by atoms with E-state index in [2.05, 4.69) is 15.9 Å². The second-order valence-corrected chi connectivity index (χ2v) is 4.42. The Kier molecular flexibility index (Phi) is 3.93. The second-order valence-electron chi connectivity index (χ2n) is 3.56. The van der Waals surface area contributed by atoms with Crippen molar-refractivity contribution in [1.29, 1.82) is 0 Å². The highest BCUT2D eigenvalue weighted by molar-refractivity contribution is 9.10. The van der Waals surface area contributed by atoms with Crippen molar-refractivity contribution in [3.8, 4) is 5.75 Å². The predicted octanol–water partition coefficient (Wildman–Crippen LogP) is 2.16. The lowest BCUT2D eigenvalue weighted by Crippen LogP contribution is -2.22. The van der Waals surface area contributed by atoms with Crippen LogP contribution in [0.3, 0.4) is 0 Å². The zero-order valence-corrected chi connectivity index (χ0v) is 11.0. The lowest BCUT2D eigenvalue weighted by atomic mass is 9.98. The van der Waals surface area contributed by atoms with Crippen LogP contribution in [0.25, 0.3) is 0 Å². The number of hydrogen-bond donors (Lipinski definition) is 2. The molecular formula is C11H14BrNO3. The third kappa shape index (κ3) is 2.20. The summed E-state index contributed by atoms with van der Waals surface area (Å²) in [6.45, 7) is 3.66. The molecule has 5 heteroatoms. The van der Waals surface area contributed by atoms with Crippen LogP contribution in [0.2, 0.25) is 0 Å². The van der Waals surface area contributed by atoms with E-state index >= 15 is 0 Å². The summed E-state index contributed by atoms with van der Waals surface area (Å²) in [5.74, 6) is -0.533. The Balaban J connectivity index is 3.50. The molecule has 1 rings (SSSR count). The first kappa shape index (κ1) is 13.0. The summed E-state index contributed by atoms with van der Waals surface area (Å²) in [5.41, 5.74) is 7.81. The summed E-state index contributed by atoms with van der Waals surface area (Å²) in [5, 5.41) is 8.97. The van der Waals surface area contributed by atoms with Gasteiger partial charge in [-0.25, -0.2) is 0 Å². The largest absolute Gasteiger partial charge is 0.496 e. The first-order chi connectivity index (χ1) is 7.40. The van der Waals surface area contributed by atoms with Crippen molar-refractivity contribution in [2.45, 2.75) is 19.9 Å². The van der Waals surface area contributed by atoms with Crippen LogP contribution in [-0.4, -0.2) is 18.2 Å². The monoisotopic (exact) mass is 287 g/mol. The average Bonchev–Trinajstić information content (AvgIpc) is 2.21. The van der Waals surface area contributed by atoms with Crippen molar-refractivity contribution < 1.29 is 14.6 Å². The fourth-order valence-corrected chi connectivity index (χ4v) is 2.20. The molecule has 0 fully saturated rings. The predicted molar refractivity (Wildman–Crippen MR) is 64.7 cm³/mol. The van der Waals surface area contributed by atoms with E-state index in [1.54, 1.807) is 0 Å². The number of carboxylic acid groups (broad SMARTS) is 1. The molecule has 1 aromatic carbocycles. The molecule has 4 nitrogen and oxygen atoms in total. The van der Waals surface area contributed by atoms with Gasteiger partial charge in [-0.1, -0.05) is 15.9 Å². The van der Waals surface area contributed by atoms with Crippen LogP contribution < -0.4 is 10.5 Å². The molecule has 0 heterocycles. The van der Waals surface area contributed by atoms with Crippen LogP contribution in [0, 0.1) is 13.8 Å². The van der Waals surface area contributed by atoms with Crippen LogP contribution in [0.15, 0.2) is 10.5 Å². The molecule has 1 atom stereocenters. The maximum Gasteiger partial charge on any atom is 0.325 e. The van der Waals surface area contributed by atoms with Crippen molar-refractivity contribution in [2.75, 3.05) is 7.11 Å². The van der Waals surface area contributed by atoms with Crippen molar-refractivity contribution in [2.24, 2.45) is 5.73 Å². The molecule has 0 aliphatic heterocycles. The number of benzene rings is 1. The molecule has 3 N–H and O–H groups in total. The number of nitrogens with two attached hydrogens (primary N) is 1. The molecule has 0 aromatic heterocycles. The molecule has 1 unspecified atom stereocenters. The van der Waals surface area contributed by atoms with E-state index < -0.39 is 12.0 Å². The normalized spacial score (nSPS) is 12.3. The number of carboxylic acids is 1. The van der Waals surface area contributed by atoms with Gasteiger partial charge in [0.25, 0.3) is 0 Å². The minimum absolute atomic E-state index is 0.516. The van der Waals surface area contributed by atoms with Gasteiger partial charge in [0.05, 0.1) is 7.11 Å². The molecule has 0 amide bonds. The molecule has 0 aliphatic rings. The Bertz CT molecular complexity index is 432. The van der Waals surface area contributed by atoms with Gasteiger partial charge in [-0.15, -0.1) is 0 Å². The van der Waals surface area contributed by atoms with E-state index in [0.29, 0.717) is 11.3 Å². The first-order valence-corrected chi connectivity index (χ1v) is 5.51. The van der Waals surface area contributed by atoms with Gasteiger partial charge in [0, 0.05) is 10.0 Å². The Morgan fingerprint density at radius 2 is 2.12 bits per heavy atom. The van der Waals surface area contributed by atoms with Gasteiger partial charge in [0.1, 0.15) is 11.8 Å². The smallest absolute Gasteiger partial charge is 0.325 e. The van der Waals surface area contributed by atoms with Crippen LogP contribution in [0.5, 0.6) is 5.75 Å². The third-order valence-electron chi connectivity index (χ3n) is 2.49. The minimum Gasteiger partial charge on any atom is -0.496 e. The SMILES string of the molecule is COc1c(C)cc(Br)c(C)c1C(N)C(=O)O. The van der Waals surface area contributed by atoms with E-state index in [1.165, 1.54) is 7.11 Å². The number of hydrogen-bond acceptors (Lipinski definition) is 3. The van der Waals surface area contributed by atoms with Crippen LogP contribution in [0.4, 0.5) is 0 Å². The van der Waals surface area contributed by atoms with E-state index in [9.17, 15) is 4.79 Å². The Labute approximate surface area is 103 Å². The topological polar surface area (TPSA) is 72.5 Å². The Hall–Kier alpha value is -1.07.